The third-order valence-corrected chi connectivity index (χ3v) is 2.66. The van der Waals surface area contributed by atoms with Crippen molar-refractivity contribution in [3.63, 3.8) is 0 Å². The van der Waals surface area contributed by atoms with Crippen LogP contribution in [0.2, 0.25) is 5.15 Å². The number of hydrogen-bond acceptors (Lipinski definition) is 5. The zero-order valence-corrected chi connectivity index (χ0v) is 11.2. The molecule has 2 N–H and O–H groups in total. The normalized spacial score (nSPS) is 12.0. The van der Waals surface area contributed by atoms with Crippen molar-refractivity contribution in [2.75, 3.05) is 25.6 Å². The van der Waals surface area contributed by atoms with Gasteiger partial charge in [-0.05, 0) is 24.5 Å². The Kier molecular flexibility index (Phi) is 5.88. The van der Waals surface area contributed by atoms with Crippen molar-refractivity contribution in [2.45, 2.75) is 13.3 Å². The molecule has 0 saturated heterocycles. The Morgan fingerprint density at radius 1 is 1.61 bits per heavy atom. The molecule has 1 rings (SSSR count). The molecule has 0 spiro atoms. The number of aliphatic hydroxyl groups excluding tert-OH is 1. The summed E-state index contributed by atoms with van der Waals surface area (Å²) in [4.78, 5) is 15.4. The number of aromatic nitrogens is 1. The Labute approximate surface area is 111 Å². The van der Waals surface area contributed by atoms with Crippen LogP contribution in [0.15, 0.2) is 12.1 Å². The number of pyridine rings is 1. The molecule has 0 aliphatic rings. The van der Waals surface area contributed by atoms with Crippen LogP contribution in [0.1, 0.15) is 23.7 Å². The molecule has 0 bridgehead atoms. The van der Waals surface area contributed by atoms with E-state index in [-0.39, 0.29) is 17.7 Å². The molecule has 0 saturated carbocycles. The Balaban J connectivity index is 2.65. The monoisotopic (exact) mass is 272 g/mol. The molecule has 0 aliphatic heterocycles. The average Bonchev–Trinajstić information content (AvgIpc) is 2.36. The lowest BCUT2D eigenvalue weighted by Gasteiger charge is -2.10. The van der Waals surface area contributed by atoms with Crippen molar-refractivity contribution < 1.29 is 14.6 Å². The predicted molar refractivity (Wildman–Crippen MR) is 69.9 cm³/mol. The highest BCUT2D eigenvalue weighted by Gasteiger charge is 2.09. The van der Waals surface area contributed by atoms with Crippen LogP contribution in [-0.2, 0) is 4.74 Å². The smallest absolute Gasteiger partial charge is 0.338 e. The van der Waals surface area contributed by atoms with Crippen molar-refractivity contribution in [2.24, 2.45) is 5.92 Å². The lowest BCUT2D eigenvalue weighted by Crippen LogP contribution is -2.11. The van der Waals surface area contributed by atoms with Gasteiger partial charge >= 0.3 is 5.97 Å². The van der Waals surface area contributed by atoms with Crippen LogP contribution >= 0.6 is 11.6 Å². The van der Waals surface area contributed by atoms with Crippen molar-refractivity contribution in [3.05, 3.63) is 22.8 Å². The number of halogens is 1. The highest BCUT2D eigenvalue weighted by Crippen LogP contribution is 2.15. The second-order valence-electron chi connectivity index (χ2n) is 4.06. The minimum atomic E-state index is -0.453. The SMILES string of the molecule is COC(=O)c1cc(Cl)nc(NCC[C@@H](C)CO)c1. The molecular formula is C12H17ClN2O3. The first kappa shape index (κ1) is 14.7. The minimum Gasteiger partial charge on any atom is -0.465 e. The van der Waals surface area contributed by atoms with Crippen LogP contribution in [0, 0.1) is 5.92 Å². The number of methoxy groups -OCH3 is 1. The maximum atomic E-state index is 11.4. The van der Waals surface area contributed by atoms with Crippen LogP contribution in [0.25, 0.3) is 0 Å². The summed E-state index contributed by atoms with van der Waals surface area (Å²) in [5, 5.41) is 12.2. The number of carbonyl (C=O) groups is 1. The summed E-state index contributed by atoms with van der Waals surface area (Å²) in [5.41, 5.74) is 0.357. The molecule has 0 amide bonds. The fourth-order valence-electron chi connectivity index (χ4n) is 1.36. The number of esters is 1. The Hall–Kier alpha value is -1.33. The van der Waals surface area contributed by atoms with Crippen molar-refractivity contribution in [1.29, 1.82) is 0 Å². The minimum absolute atomic E-state index is 0.151. The zero-order chi connectivity index (χ0) is 13.5. The quantitative estimate of drug-likeness (QED) is 0.612. The highest BCUT2D eigenvalue weighted by atomic mass is 35.5. The van der Waals surface area contributed by atoms with Gasteiger partial charge in [-0.2, -0.15) is 0 Å². The highest BCUT2D eigenvalue weighted by molar-refractivity contribution is 6.29. The molecule has 0 radical (unpaired) electrons. The fourth-order valence-corrected chi connectivity index (χ4v) is 1.57. The molecule has 1 aromatic rings. The van der Waals surface area contributed by atoms with Crippen LogP contribution in [0.3, 0.4) is 0 Å². The number of ether oxygens (including phenoxy) is 1. The predicted octanol–water partition coefficient (Wildman–Crippen LogP) is 1.95. The molecule has 1 heterocycles. The lowest BCUT2D eigenvalue weighted by molar-refractivity contribution is 0.0600. The number of nitrogens with one attached hydrogen (secondary N) is 1. The van der Waals surface area contributed by atoms with Crippen LogP contribution < -0.4 is 5.32 Å². The molecule has 1 aromatic heterocycles. The third-order valence-electron chi connectivity index (χ3n) is 2.47. The molecule has 0 unspecified atom stereocenters. The van der Waals surface area contributed by atoms with Gasteiger partial charge in [-0.1, -0.05) is 18.5 Å². The van der Waals surface area contributed by atoms with Crippen LogP contribution in [0.4, 0.5) is 5.82 Å². The molecule has 6 heteroatoms. The number of anilines is 1. The number of nitrogens with zero attached hydrogens (tertiary/aromatic N) is 1. The van der Waals surface area contributed by atoms with Gasteiger partial charge in [0.25, 0.3) is 0 Å². The van der Waals surface area contributed by atoms with E-state index >= 15 is 0 Å². The topological polar surface area (TPSA) is 71.5 Å². The second-order valence-corrected chi connectivity index (χ2v) is 4.45. The summed E-state index contributed by atoms with van der Waals surface area (Å²) < 4.78 is 4.62. The van der Waals surface area contributed by atoms with E-state index in [1.165, 1.54) is 13.2 Å². The first-order valence-electron chi connectivity index (χ1n) is 5.67. The third kappa shape index (κ3) is 4.50. The number of carbonyl (C=O) groups excluding carboxylic acids is 1. The Bertz CT molecular complexity index is 412. The molecule has 0 fully saturated rings. The Morgan fingerprint density at radius 2 is 2.33 bits per heavy atom. The standard InChI is InChI=1S/C12H17ClN2O3/c1-8(7-16)3-4-14-11-6-9(12(17)18-2)5-10(13)15-11/h5-6,8,16H,3-4,7H2,1-2H3,(H,14,15)/t8-/m1/s1. The van der Waals surface area contributed by atoms with Gasteiger partial charge in [-0.25, -0.2) is 9.78 Å². The molecule has 1 atom stereocenters. The molecule has 18 heavy (non-hydrogen) atoms. The first-order chi connectivity index (χ1) is 8.56. The van der Waals surface area contributed by atoms with Crippen molar-refractivity contribution in [3.8, 4) is 0 Å². The van der Waals surface area contributed by atoms with Crippen LogP contribution in [-0.4, -0.2) is 36.3 Å². The lowest BCUT2D eigenvalue weighted by atomic mass is 10.1. The van der Waals surface area contributed by atoms with Crippen molar-refractivity contribution in [1.82, 2.24) is 4.98 Å². The zero-order valence-electron chi connectivity index (χ0n) is 10.4. The van der Waals surface area contributed by atoms with Gasteiger partial charge in [0.15, 0.2) is 0 Å². The number of rotatable bonds is 6. The maximum absolute atomic E-state index is 11.4. The van der Waals surface area contributed by atoms with Gasteiger partial charge in [-0.3, -0.25) is 0 Å². The maximum Gasteiger partial charge on any atom is 0.338 e. The van der Waals surface area contributed by atoms with Gasteiger partial charge in [-0.15, -0.1) is 0 Å². The van der Waals surface area contributed by atoms with E-state index in [9.17, 15) is 4.79 Å². The van der Waals surface area contributed by atoms with E-state index < -0.39 is 5.97 Å². The summed E-state index contributed by atoms with van der Waals surface area (Å²) in [7, 11) is 1.31. The molecule has 5 nitrogen and oxygen atoms in total. The second kappa shape index (κ2) is 7.18. The summed E-state index contributed by atoms with van der Waals surface area (Å²) >= 11 is 5.82. The molecular weight excluding hydrogens is 256 g/mol. The fraction of sp³-hybridized carbons (Fsp3) is 0.500. The van der Waals surface area contributed by atoms with Gasteiger partial charge in [0.2, 0.25) is 0 Å². The first-order valence-corrected chi connectivity index (χ1v) is 6.05. The largest absolute Gasteiger partial charge is 0.465 e. The van der Waals surface area contributed by atoms with Crippen LogP contribution in [0.5, 0.6) is 0 Å². The summed E-state index contributed by atoms with van der Waals surface area (Å²) in [5.74, 6) is 0.288. The van der Waals surface area contributed by atoms with E-state index in [4.69, 9.17) is 16.7 Å². The van der Waals surface area contributed by atoms with E-state index in [1.54, 1.807) is 6.07 Å². The van der Waals surface area contributed by atoms with Gasteiger partial charge < -0.3 is 15.2 Å². The van der Waals surface area contributed by atoms with Gasteiger partial charge in [0.1, 0.15) is 11.0 Å². The van der Waals surface area contributed by atoms with Crippen molar-refractivity contribution >= 4 is 23.4 Å². The van der Waals surface area contributed by atoms with E-state index in [0.29, 0.717) is 17.9 Å². The molecule has 0 aliphatic carbocycles. The average molecular weight is 273 g/mol. The summed E-state index contributed by atoms with van der Waals surface area (Å²) in [6, 6.07) is 3.04. The Morgan fingerprint density at radius 3 is 2.94 bits per heavy atom. The number of aliphatic hydroxyl groups is 1. The van der Waals surface area contributed by atoms with E-state index in [2.05, 4.69) is 15.0 Å². The molecule has 0 aromatic carbocycles. The summed E-state index contributed by atoms with van der Waals surface area (Å²) in [6.07, 6.45) is 0.804. The van der Waals surface area contributed by atoms with E-state index in [0.717, 1.165) is 6.42 Å². The van der Waals surface area contributed by atoms with Gasteiger partial charge in [0.05, 0.1) is 12.7 Å². The molecule has 100 valence electrons. The number of hydrogen-bond donors (Lipinski definition) is 2. The van der Waals surface area contributed by atoms with Gasteiger partial charge in [0, 0.05) is 13.2 Å². The summed E-state index contributed by atoms with van der Waals surface area (Å²) in [6.45, 7) is 2.75. The van der Waals surface area contributed by atoms with E-state index in [1.807, 2.05) is 6.92 Å².